The monoisotopic (exact) mass is 225 g/mol. The highest BCUT2D eigenvalue weighted by atomic mass is 79.9. The third-order valence-electron chi connectivity index (χ3n) is 1.30. The number of rotatable bonds is 2. The number of carbonyl (C=O) groups excluding carboxylic acids is 1. The number of hydrogen-bond acceptors (Lipinski definition) is 2. The topological polar surface area (TPSA) is 40.1 Å². The Bertz CT molecular complexity index is 318. The molecule has 12 heavy (non-hydrogen) atoms. The average molecular weight is 226 g/mol. The van der Waals surface area contributed by atoms with E-state index >= 15 is 0 Å². The molecule has 0 aliphatic rings. The van der Waals surface area contributed by atoms with Crippen molar-refractivity contribution in [1.82, 2.24) is 0 Å². The first-order chi connectivity index (χ1) is 5.70. The molecule has 0 bridgehead atoms. The van der Waals surface area contributed by atoms with Gasteiger partial charge < -0.3 is 9.90 Å². The van der Waals surface area contributed by atoms with Gasteiger partial charge in [-0.1, -0.05) is 40.2 Å². The van der Waals surface area contributed by atoms with Crippen LogP contribution in [0, 0.1) is 0 Å². The van der Waals surface area contributed by atoms with Crippen LogP contribution < -0.4 is 5.11 Å². The van der Waals surface area contributed by atoms with Crippen molar-refractivity contribution < 1.29 is 9.90 Å². The molecule has 0 aliphatic carbocycles. The van der Waals surface area contributed by atoms with E-state index < -0.39 is 5.97 Å². The number of carbonyl (C=O) groups is 1. The van der Waals surface area contributed by atoms with Crippen LogP contribution in [0.3, 0.4) is 0 Å². The van der Waals surface area contributed by atoms with E-state index in [0.717, 1.165) is 16.1 Å². The predicted octanol–water partition coefficient (Wildman–Crippen LogP) is 1.21. The van der Waals surface area contributed by atoms with Gasteiger partial charge in [0.2, 0.25) is 0 Å². The molecule has 2 nitrogen and oxygen atoms in total. The van der Waals surface area contributed by atoms with E-state index in [1.54, 1.807) is 0 Å². The van der Waals surface area contributed by atoms with Gasteiger partial charge in [0.05, 0.1) is 5.97 Å². The third-order valence-corrected chi connectivity index (χ3v) is 2.03. The molecule has 0 saturated heterocycles. The minimum atomic E-state index is -1.19. The van der Waals surface area contributed by atoms with Crippen LogP contribution in [0.5, 0.6) is 0 Å². The van der Waals surface area contributed by atoms with E-state index in [4.69, 9.17) is 0 Å². The van der Waals surface area contributed by atoms with Gasteiger partial charge in [-0.15, -0.1) is 0 Å². The predicted molar refractivity (Wildman–Crippen MR) is 48.2 cm³/mol. The fourth-order valence-electron chi connectivity index (χ4n) is 0.768. The summed E-state index contributed by atoms with van der Waals surface area (Å²) in [5.74, 6) is -1.19. The van der Waals surface area contributed by atoms with E-state index in [1.807, 2.05) is 24.3 Å². The minimum absolute atomic E-state index is 0.821. The van der Waals surface area contributed by atoms with Gasteiger partial charge in [0.15, 0.2) is 0 Å². The Labute approximate surface area is 78.7 Å². The highest BCUT2D eigenvalue weighted by molar-refractivity contribution is 9.10. The molecule has 0 aromatic heterocycles. The lowest BCUT2D eigenvalue weighted by Gasteiger charge is -1.96. The SMILES string of the molecule is O=C([O-])C=Cc1ccccc1Br. The summed E-state index contributed by atoms with van der Waals surface area (Å²) in [6.07, 6.45) is 2.49. The maximum absolute atomic E-state index is 10.1. The van der Waals surface area contributed by atoms with Crippen LogP contribution in [0.4, 0.5) is 0 Å². The van der Waals surface area contributed by atoms with Gasteiger partial charge in [-0.2, -0.15) is 0 Å². The van der Waals surface area contributed by atoms with E-state index in [-0.39, 0.29) is 0 Å². The first-order valence-corrected chi connectivity index (χ1v) is 4.13. The van der Waals surface area contributed by atoms with E-state index in [2.05, 4.69) is 15.9 Å². The molecule has 1 rings (SSSR count). The Hall–Kier alpha value is -1.09. The molecule has 0 heterocycles. The Balaban J connectivity index is 2.89. The molecule has 3 heteroatoms. The van der Waals surface area contributed by atoms with Gasteiger partial charge in [0.1, 0.15) is 0 Å². The first-order valence-electron chi connectivity index (χ1n) is 3.34. The molecule has 0 unspecified atom stereocenters. The van der Waals surface area contributed by atoms with Crippen LogP contribution in [-0.2, 0) is 4.79 Å². The molecular weight excluding hydrogens is 220 g/mol. The molecular formula is C9H6BrO2-. The van der Waals surface area contributed by atoms with E-state index in [9.17, 15) is 9.90 Å². The fourth-order valence-corrected chi connectivity index (χ4v) is 1.19. The molecule has 62 valence electrons. The summed E-state index contributed by atoms with van der Waals surface area (Å²) in [4.78, 5) is 10.1. The van der Waals surface area contributed by atoms with E-state index in [0.29, 0.717) is 0 Å². The second kappa shape index (κ2) is 4.07. The molecule has 1 aromatic rings. The molecule has 0 amide bonds. The molecule has 0 saturated carbocycles. The van der Waals surface area contributed by atoms with Gasteiger partial charge >= 0.3 is 0 Å². The Kier molecular flexibility index (Phi) is 3.05. The van der Waals surface area contributed by atoms with Crippen molar-refractivity contribution in [3.05, 3.63) is 40.4 Å². The maximum Gasteiger partial charge on any atom is 0.0643 e. The molecule has 0 atom stereocenters. The number of carboxylic acids is 1. The minimum Gasteiger partial charge on any atom is -0.545 e. The molecule has 1 aromatic carbocycles. The van der Waals surface area contributed by atoms with Gasteiger partial charge in [-0.05, 0) is 17.7 Å². The summed E-state index contributed by atoms with van der Waals surface area (Å²) >= 11 is 3.28. The van der Waals surface area contributed by atoms with Crippen molar-refractivity contribution in [3.8, 4) is 0 Å². The maximum atomic E-state index is 10.1. The highest BCUT2D eigenvalue weighted by Crippen LogP contribution is 2.16. The van der Waals surface area contributed by atoms with Gasteiger partial charge in [-0.25, -0.2) is 0 Å². The Morgan fingerprint density at radius 2 is 2.08 bits per heavy atom. The lowest BCUT2D eigenvalue weighted by molar-refractivity contribution is -0.297. The van der Waals surface area contributed by atoms with Crippen LogP contribution >= 0.6 is 15.9 Å². The second-order valence-electron chi connectivity index (χ2n) is 2.17. The van der Waals surface area contributed by atoms with Crippen molar-refractivity contribution in [2.75, 3.05) is 0 Å². The smallest absolute Gasteiger partial charge is 0.0643 e. The van der Waals surface area contributed by atoms with Crippen LogP contribution in [0.25, 0.3) is 6.08 Å². The van der Waals surface area contributed by atoms with Crippen molar-refractivity contribution in [2.24, 2.45) is 0 Å². The Morgan fingerprint density at radius 3 is 2.67 bits per heavy atom. The number of halogens is 1. The zero-order valence-electron chi connectivity index (χ0n) is 6.16. The number of hydrogen-bond donors (Lipinski definition) is 0. The number of benzene rings is 1. The number of carboxylic acid groups (broad SMARTS) is 1. The Morgan fingerprint density at radius 1 is 1.42 bits per heavy atom. The molecule has 0 fully saturated rings. The van der Waals surface area contributed by atoms with Crippen LogP contribution in [0.15, 0.2) is 34.8 Å². The first kappa shape index (κ1) is 9.00. The molecule has 0 aliphatic heterocycles. The molecule has 0 N–H and O–H groups in total. The zero-order chi connectivity index (χ0) is 8.97. The molecule has 0 spiro atoms. The standard InChI is InChI=1S/C9H7BrO2/c10-8-4-2-1-3-7(8)5-6-9(11)12/h1-6H,(H,11,12)/p-1. The highest BCUT2D eigenvalue weighted by Gasteiger charge is 1.91. The largest absolute Gasteiger partial charge is 0.545 e. The van der Waals surface area contributed by atoms with Crippen LogP contribution in [0.1, 0.15) is 5.56 Å². The van der Waals surface area contributed by atoms with Gasteiger partial charge in [0.25, 0.3) is 0 Å². The molecule has 0 radical (unpaired) electrons. The van der Waals surface area contributed by atoms with Crippen molar-refractivity contribution >= 4 is 28.0 Å². The van der Waals surface area contributed by atoms with Crippen LogP contribution in [-0.4, -0.2) is 5.97 Å². The summed E-state index contributed by atoms with van der Waals surface area (Å²) in [6.45, 7) is 0. The average Bonchev–Trinajstić information content (AvgIpc) is 2.03. The van der Waals surface area contributed by atoms with Crippen LogP contribution in [0.2, 0.25) is 0 Å². The summed E-state index contributed by atoms with van der Waals surface area (Å²) in [7, 11) is 0. The quantitative estimate of drug-likeness (QED) is 0.711. The van der Waals surface area contributed by atoms with Crippen molar-refractivity contribution in [3.63, 3.8) is 0 Å². The van der Waals surface area contributed by atoms with Gasteiger partial charge in [-0.3, -0.25) is 0 Å². The fraction of sp³-hybridized carbons (Fsp3) is 0. The summed E-state index contributed by atoms with van der Waals surface area (Å²) in [5, 5.41) is 10.1. The normalized spacial score (nSPS) is 10.4. The summed E-state index contributed by atoms with van der Waals surface area (Å²) < 4.78 is 0.863. The summed E-state index contributed by atoms with van der Waals surface area (Å²) in [5.41, 5.74) is 0.821. The van der Waals surface area contributed by atoms with Crippen molar-refractivity contribution in [1.29, 1.82) is 0 Å². The van der Waals surface area contributed by atoms with Crippen molar-refractivity contribution in [2.45, 2.75) is 0 Å². The lowest BCUT2D eigenvalue weighted by Crippen LogP contribution is -2.18. The van der Waals surface area contributed by atoms with E-state index in [1.165, 1.54) is 6.08 Å². The third kappa shape index (κ3) is 2.51. The zero-order valence-corrected chi connectivity index (χ0v) is 7.74. The second-order valence-corrected chi connectivity index (χ2v) is 3.03. The lowest BCUT2D eigenvalue weighted by atomic mass is 10.2. The number of aliphatic carboxylic acids is 1. The van der Waals surface area contributed by atoms with Gasteiger partial charge in [0, 0.05) is 4.47 Å². The summed E-state index contributed by atoms with van der Waals surface area (Å²) in [6, 6.07) is 7.35.